The van der Waals surface area contributed by atoms with Crippen molar-refractivity contribution in [3.05, 3.63) is 71.0 Å². The maximum atomic E-state index is 11.9. The molecular weight excluding hydrogens is 412 g/mol. The topological polar surface area (TPSA) is 101 Å². The van der Waals surface area contributed by atoms with Crippen LogP contribution in [0.5, 0.6) is 0 Å². The normalized spacial score (nSPS) is 11.7. The molecule has 0 aliphatic rings. The fourth-order valence-corrected chi connectivity index (χ4v) is 3.86. The summed E-state index contributed by atoms with van der Waals surface area (Å²) in [5.41, 5.74) is 3.91. The second-order valence-corrected chi connectivity index (χ2v) is 7.95. The van der Waals surface area contributed by atoms with Gasteiger partial charge >= 0.3 is 5.97 Å². The Morgan fingerprint density at radius 3 is 2.45 bits per heavy atom. The summed E-state index contributed by atoms with van der Waals surface area (Å²) in [6.07, 6.45) is 0. The zero-order chi connectivity index (χ0) is 22.5. The number of thioether (sulfide) groups is 1. The summed E-state index contributed by atoms with van der Waals surface area (Å²) in [5, 5.41) is 27.5. The third kappa shape index (κ3) is 4.86. The van der Waals surface area contributed by atoms with E-state index < -0.39 is 5.97 Å². The fraction of sp³-hybridized carbons (Fsp3) is 0.217. The van der Waals surface area contributed by atoms with Gasteiger partial charge in [-0.25, -0.2) is 4.79 Å². The molecule has 160 valence electrons. The predicted molar refractivity (Wildman–Crippen MR) is 122 cm³/mol. The van der Waals surface area contributed by atoms with Crippen molar-refractivity contribution in [2.75, 3.05) is 12.9 Å². The number of ether oxygens (including phenoxy) is 1. The largest absolute Gasteiger partial charge is 0.510 e. The highest BCUT2D eigenvalue weighted by atomic mass is 32.2. The molecule has 0 saturated carbocycles. The Kier molecular flexibility index (Phi) is 6.91. The van der Waals surface area contributed by atoms with Gasteiger partial charge in [-0.3, -0.25) is 4.57 Å². The van der Waals surface area contributed by atoms with Crippen LogP contribution in [0.15, 0.2) is 65.0 Å². The average molecular weight is 437 g/mol. The molecule has 0 aliphatic carbocycles. The molecule has 0 atom stereocenters. The van der Waals surface area contributed by atoms with Gasteiger partial charge < -0.3 is 15.3 Å². The van der Waals surface area contributed by atoms with Crippen molar-refractivity contribution in [3.63, 3.8) is 0 Å². The molecule has 31 heavy (non-hydrogen) atoms. The van der Waals surface area contributed by atoms with Gasteiger partial charge in [-0.05, 0) is 44.0 Å². The predicted octanol–water partition coefficient (Wildman–Crippen LogP) is 4.67. The van der Waals surface area contributed by atoms with Crippen LogP contribution in [-0.2, 0) is 9.53 Å². The summed E-state index contributed by atoms with van der Waals surface area (Å²) in [7, 11) is 1.22. The molecule has 8 heteroatoms. The number of hydrogen-bond donors (Lipinski definition) is 2. The first-order chi connectivity index (χ1) is 14.8. The lowest BCUT2D eigenvalue weighted by Gasteiger charge is -2.13. The Morgan fingerprint density at radius 2 is 1.84 bits per heavy atom. The van der Waals surface area contributed by atoms with Gasteiger partial charge in [0.1, 0.15) is 11.3 Å². The lowest BCUT2D eigenvalue weighted by Crippen LogP contribution is -2.15. The van der Waals surface area contributed by atoms with Crippen molar-refractivity contribution >= 4 is 23.4 Å². The molecule has 0 bridgehead atoms. The summed E-state index contributed by atoms with van der Waals surface area (Å²) < 4.78 is 6.61. The molecule has 3 rings (SSSR count). The number of aryl methyl sites for hydroxylation is 2. The van der Waals surface area contributed by atoms with E-state index in [1.165, 1.54) is 31.4 Å². The van der Waals surface area contributed by atoms with Crippen molar-refractivity contribution < 1.29 is 14.6 Å². The standard InChI is InChI=1S/C23H24N4O3S/c1-14-10-11-18(12-15(14)2)27-21(17-8-6-5-7-9-17)25-26-23(27)31-13-19(28)20(16(3)24)22(29)30-4/h5-12,24,28H,13H2,1-4H3/b20-19-,24-16?. The van der Waals surface area contributed by atoms with Crippen LogP contribution in [0.4, 0.5) is 0 Å². The second kappa shape index (κ2) is 9.61. The van der Waals surface area contributed by atoms with E-state index >= 15 is 0 Å². The molecule has 7 nitrogen and oxygen atoms in total. The number of carbonyl (C=O) groups excluding carboxylic acids is 1. The number of carbonyl (C=O) groups is 1. The van der Waals surface area contributed by atoms with Crippen molar-refractivity contribution in [1.29, 1.82) is 5.41 Å². The zero-order valence-corrected chi connectivity index (χ0v) is 18.7. The van der Waals surface area contributed by atoms with Crippen LogP contribution in [0.3, 0.4) is 0 Å². The third-order valence-electron chi connectivity index (χ3n) is 4.81. The molecular formula is C23H24N4O3S. The van der Waals surface area contributed by atoms with Crippen molar-refractivity contribution in [2.45, 2.75) is 25.9 Å². The number of aromatic nitrogens is 3. The van der Waals surface area contributed by atoms with Gasteiger partial charge in [0, 0.05) is 11.3 Å². The van der Waals surface area contributed by atoms with Gasteiger partial charge in [-0.1, -0.05) is 48.2 Å². The van der Waals surface area contributed by atoms with Crippen LogP contribution in [0.1, 0.15) is 18.1 Å². The molecule has 0 spiro atoms. The number of hydrogen-bond acceptors (Lipinski definition) is 7. The van der Waals surface area contributed by atoms with E-state index in [-0.39, 0.29) is 22.8 Å². The second-order valence-electron chi connectivity index (χ2n) is 7.00. The molecule has 1 aromatic heterocycles. The third-order valence-corrected chi connectivity index (χ3v) is 5.75. The number of methoxy groups -OCH3 is 1. The maximum Gasteiger partial charge on any atom is 0.343 e. The monoisotopic (exact) mass is 436 g/mol. The van der Waals surface area contributed by atoms with Crippen molar-refractivity contribution in [3.8, 4) is 17.1 Å². The molecule has 0 unspecified atom stereocenters. The fourth-order valence-electron chi connectivity index (χ4n) is 3.03. The van der Waals surface area contributed by atoms with E-state index in [1.54, 1.807) is 0 Å². The highest BCUT2D eigenvalue weighted by Crippen LogP contribution is 2.30. The van der Waals surface area contributed by atoms with E-state index in [2.05, 4.69) is 27.9 Å². The minimum absolute atomic E-state index is 0.0401. The first-order valence-electron chi connectivity index (χ1n) is 9.60. The van der Waals surface area contributed by atoms with E-state index in [0.717, 1.165) is 16.8 Å². The number of rotatable bonds is 7. The molecule has 0 saturated heterocycles. The molecule has 0 fully saturated rings. The van der Waals surface area contributed by atoms with E-state index in [0.29, 0.717) is 11.0 Å². The Bertz CT molecular complexity index is 1150. The zero-order valence-electron chi connectivity index (χ0n) is 17.8. The number of aliphatic hydroxyl groups is 1. The highest BCUT2D eigenvalue weighted by molar-refractivity contribution is 7.99. The van der Waals surface area contributed by atoms with Gasteiger partial charge in [0.15, 0.2) is 11.0 Å². The van der Waals surface area contributed by atoms with Crippen molar-refractivity contribution in [1.82, 2.24) is 14.8 Å². The number of benzene rings is 2. The lowest BCUT2D eigenvalue weighted by molar-refractivity contribution is -0.135. The van der Waals surface area contributed by atoms with E-state index in [4.69, 9.17) is 5.41 Å². The summed E-state index contributed by atoms with van der Waals surface area (Å²) >= 11 is 1.23. The van der Waals surface area contributed by atoms with Crippen molar-refractivity contribution in [2.24, 2.45) is 0 Å². The van der Waals surface area contributed by atoms with Gasteiger partial charge in [-0.15, -0.1) is 10.2 Å². The quantitative estimate of drug-likeness (QED) is 0.184. The Hall–Kier alpha value is -3.39. The van der Waals surface area contributed by atoms with Crippen LogP contribution in [-0.4, -0.2) is 44.4 Å². The molecule has 2 N–H and O–H groups in total. The van der Waals surface area contributed by atoms with Gasteiger partial charge in [-0.2, -0.15) is 0 Å². The van der Waals surface area contributed by atoms with E-state index in [1.807, 2.05) is 54.0 Å². The van der Waals surface area contributed by atoms with Crippen LogP contribution in [0.25, 0.3) is 17.1 Å². The minimum atomic E-state index is -0.744. The summed E-state index contributed by atoms with van der Waals surface area (Å²) in [5.74, 6) is -0.268. The van der Waals surface area contributed by atoms with Crippen LogP contribution in [0.2, 0.25) is 0 Å². The van der Waals surface area contributed by atoms with Crippen LogP contribution < -0.4 is 0 Å². The molecule has 0 amide bonds. The van der Waals surface area contributed by atoms with Crippen LogP contribution in [0, 0.1) is 19.3 Å². The Morgan fingerprint density at radius 1 is 1.13 bits per heavy atom. The SMILES string of the molecule is COC(=O)/C(C(C)=N)=C(\O)CSc1nnc(-c2ccccc2)n1-c1ccc(C)c(C)c1. The molecule has 0 radical (unpaired) electrons. The summed E-state index contributed by atoms with van der Waals surface area (Å²) in [4.78, 5) is 11.9. The lowest BCUT2D eigenvalue weighted by atomic mass is 10.1. The smallest absolute Gasteiger partial charge is 0.343 e. The van der Waals surface area contributed by atoms with Gasteiger partial charge in [0.25, 0.3) is 0 Å². The first-order valence-corrected chi connectivity index (χ1v) is 10.6. The Balaban J connectivity index is 2.05. The molecule has 0 aliphatic heterocycles. The summed E-state index contributed by atoms with van der Waals surface area (Å²) in [6.45, 7) is 5.52. The van der Waals surface area contributed by atoms with Gasteiger partial charge in [0.2, 0.25) is 0 Å². The number of nitrogens with zero attached hydrogens (tertiary/aromatic N) is 3. The van der Waals surface area contributed by atoms with Crippen LogP contribution >= 0.6 is 11.8 Å². The van der Waals surface area contributed by atoms with Gasteiger partial charge in [0.05, 0.1) is 18.6 Å². The number of aliphatic hydroxyl groups excluding tert-OH is 1. The first kappa shape index (κ1) is 22.3. The van der Waals surface area contributed by atoms with E-state index in [9.17, 15) is 9.90 Å². The Labute approximate surface area is 185 Å². The highest BCUT2D eigenvalue weighted by Gasteiger charge is 2.21. The minimum Gasteiger partial charge on any atom is -0.510 e. The maximum absolute atomic E-state index is 11.9. The molecule has 2 aromatic carbocycles. The molecule has 3 aromatic rings. The molecule has 1 heterocycles. The summed E-state index contributed by atoms with van der Waals surface area (Å²) in [6, 6.07) is 15.8. The number of esters is 1. The average Bonchev–Trinajstić information content (AvgIpc) is 3.18. The number of nitrogens with one attached hydrogen (secondary N) is 1.